The minimum absolute atomic E-state index is 0.295. The summed E-state index contributed by atoms with van der Waals surface area (Å²) >= 11 is 6.07. The molecular formula is C21H25ClN2O3. The van der Waals surface area contributed by atoms with Crippen LogP contribution in [0.15, 0.2) is 42.5 Å². The smallest absolute Gasteiger partial charge is 0.161 e. The Kier molecular flexibility index (Phi) is 6.14. The second kappa shape index (κ2) is 8.93. The largest absolute Gasteiger partial charge is 0.486 e. The maximum absolute atomic E-state index is 6.07. The first-order valence-corrected chi connectivity index (χ1v) is 9.84. The third-order valence-corrected chi connectivity index (χ3v) is 5.27. The van der Waals surface area contributed by atoms with Crippen LogP contribution in [0.4, 0.5) is 0 Å². The lowest BCUT2D eigenvalue weighted by Crippen LogP contribution is -2.42. The number of ether oxygens (including phenoxy) is 3. The highest BCUT2D eigenvalue weighted by Gasteiger charge is 2.22. The van der Waals surface area contributed by atoms with Crippen LogP contribution in [0.3, 0.4) is 0 Å². The first kappa shape index (κ1) is 18.6. The number of halogens is 1. The lowest BCUT2D eigenvalue weighted by Gasteiger charge is -2.35. The fourth-order valence-corrected chi connectivity index (χ4v) is 3.71. The SMILES string of the molecule is Clc1ccc(C(CNCc2ccc3c(c2)OCCO3)N2CCOCC2)cc1. The Morgan fingerprint density at radius 3 is 2.44 bits per heavy atom. The van der Waals surface area contributed by atoms with Crippen LogP contribution < -0.4 is 14.8 Å². The Labute approximate surface area is 165 Å². The topological polar surface area (TPSA) is 43.0 Å². The molecule has 0 amide bonds. The van der Waals surface area contributed by atoms with Crippen LogP contribution >= 0.6 is 11.6 Å². The van der Waals surface area contributed by atoms with E-state index >= 15 is 0 Å². The number of hydrogen-bond acceptors (Lipinski definition) is 5. The van der Waals surface area contributed by atoms with Crippen molar-refractivity contribution in [3.8, 4) is 11.5 Å². The highest BCUT2D eigenvalue weighted by molar-refractivity contribution is 6.30. The second-order valence-corrected chi connectivity index (χ2v) is 7.26. The molecule has 2 aliphatic heterocycles. The van der Waals surface area contributed by atoms with E-state index in [1.807, 2.05) is 18.2 Å². The molecule has 1 saturated heterocycles. The molecule has 4 rings (SSSR count). The van der Waals surface area contributed by atoms with E-state index in [-0.39, 0.29) is 0 Å². The third-order valence-electron chi connectivity index (χ3n) is 5.01. The summed E-state index contributed by atoms with van der Waals surface area (Å²) in [6, 6.07) is 14.6. The van der Waals surface area contributed by atoms with Crippen LogP contribution in [0, 0.1) is 0 Å². The summed E-state index contributed by atoms with van der Waals surface area (Å²) < 4.78 is 16.8. The van der Waals surface area contributed by atoms with E-state index in [9.17, 15) is 0 Å². The van der Waals surface area contributed by atoms with Crippen molar-refractivity contribution in [1.29, 1.82) is 0 Å². The normalized spacial score (nSPS) is 18.3. The summed E-state index contributed by atoms with van der Waals surface area (Å²) in [5, 5.41) is 4.37. The molecule has 0 bridgehead atoms. The van der Waals surface area contributed by atoms with Gasteiger partial charge in [0.05, 0.1) is 13.2 Å². The molecule has 0 spiro atoms. The number of hydrogen-bond donors (Lipinski definition) is 1. The lowest BCUT2D eigenvalue weighted by atomic mass is 10.0. The van der Waals surface area contributed by atoms with Gasteiger partial charge < -0.3 is 19.5 Å². The summed E-state index contributed by atoms with van der Waals surface area (Å²) in [5.74, 6) is 1.67. The van der Waals surface area contributed by atoms with Crippen molar-refractivity contribution in [2.75, 3.05) is 46.1 Å². The van der Waals surface area contributed by atoms with Crippen LogP contribution in [0.5, 0.6) is 11.5 Å². The first-order valence-electron chi connectivity index (χ1n) is 9.46. The van der Waals surface area contributed by atoms with E-state index < -0.39 is 0 Å². The summed E-state index contributed by atoms with van der Waals surface area (Å²) in [5.41, 5.74) is 2.46. The van der Waals surface area contributed by atoms with Crippen molar-refractivity contribution in [2.24, 2.45) is 0 Å². The van der Waals surface area contributed by atoms with Crippen molar-refractivity contribution < 1.29 is 14.2 Å². The molecule has 1 fully saturated rings. The molecule has 27 heavy (non-hydrogen) atoms. The zero-order valence-electron chi connectivity index (χ0n) is 15.3. The van der Waals surface area contributed by atoms with Crippen LogP contribution in [0.1, 0.15) is 17.2 Å². The number of nitrogens with zero attached hydrogens (tertiary/aromatic N) is 1. The maximum Gasteiger partial charge on any atom is 0.161 e. The first-order chi connectivity index (χ1) is 13.3. The average Bonchev–Trinajstić information content (AvgIpc) is 2.73. The summed E-state index contributed by atoms with van der Waals surface area (Å²) in [7, 11) is 0. The van der Waals surface area contributed by atoms with E-state index in [4.69, 9.17) is 25.8 Å². The van der Waals surface area contributed by atoms with Gasteiger partial charge in [0.15, 0.2) is 11.5 Å². The van der Waals surface area contributed by atoms with Gasteiger partial charge in [-0.1, -0.05) is 29.8 Å². The van der Waals surface area contributed by atoms with E-state index in [0.717, 1.165) is 55.9 Å². The van der Waals surface area contributed by atoms with Crippen molar-refractivity contribution >= 4 is 11.6 Å². The van der Waals surface area contributed by atoms with Gasteiger partial charge in [0.25, 0.3) is 0 Å². The van der Waals surface area contributed by atoms with E-state index in [0.29, 0.717) is 19.3 Å². The number of nitrogens with one attached hydrogen (secondary N) is 1. The van der Waals surface area contributed by atoms with Crippen molar-refractivity contribution in [3.63, 3.8) is 0 Å². The van der Waals surface area contributed by atoms with Gasteiger partial charge in [-0.25, -0.2) is 0 Å². The Morgan fingerprint density at radius 1 is 0.926 bits per heavy atom. The summed E-state index contributed by atoms with van der Waals surface area (Å²) in [6.45, 7) is 6.32. The van der Waals surface area contributed by atoms with Crippen molar-refractivity contribution in [2.45, 2.75) is 12.6 Å². The van der Waals surface area contributed by atoms with Gasteiger partial charge in [0.1, 0.15) is 13.2 Å². The van der Waals surface area contributed by atoms with Crippen LogP contribution in [-0.4, -0.2) is 51.0 Å². The zero-order valence-corrected chi connectivity index (χ0v) is 16.1. The highest BCUT2D eigenvalue weighted by atomic mass is 35.5. The minimum atomic E-state index is 0.295. The minimum Gasteiger partial charge on any atom is -0.486 e. The lowest BCUT2D eigenvalue weighted by molar-refractivity contribution is 0.0161. The fourth-order valence-electron chi connectivity index (χ4n) is 3.58. The van der Waals surface area contributed by atoms with E-state index in [1.54, 1.807) is 0 Å². The molecule has 0 saturated carbocycles. The molecule has 6 heteroatoms. The van der Waals surface area contributed by atoms with E-state index in [1.165, 1.54) is 11.1 Å². The number of morpholine rings is 1. The van der Waals surface area contributed by atoms with Gasteiger partial charge in [-0.2, -0.15) is 0 Å². The third kappa shape index (κ3) is 4.74. The zero-order chi connectivity index (χ0) is 18.5. The summed E-state index contributed by atoms with van der Waals surface area (Å²) in [4.78, 5) is 2.48. The fraction of sp³-hybridized carbons (Fsp3) is 0.429. The Bertz CT molecular complexity index is 748. The molecular weight excluding hydrogens is 364 g/mol. The second-order valence-electron chi connectivity index (χ2n) is 6.82. The van der Waals surface area contributed by atoms with Gasteiger partial charge in [0, 0.05) is 37.2 Å². The predicted octanol–water partition coefficient (Wildman–Crippen LogP) is 3.27. The van der Waals surface area contributed by atoms with Crippen LogP contribution in [-0.2, 0) is 11.3 Å². The molecule has 2 aromatic rings. The predicted molar refractivity (Wildman–Crippen MR) is 106 cm³/mol. The van der Waals surface area contributed by atoms with Crippen LogP contribution in [0.25, 0.3) is 0 Å². The number of rotatable bonds is 6. The monoisotopic (exact) mass is 388 g/mol. The van der Waals surface area contributed by atoms with Gasteiger partial charge in [-0.05, 0) is 35.4 Å². The molecule has 2 aliphatic rings. The molecule has 1 unspecified atom stereocenters. The Hall–Kier alpha value is -1.79. The Balaban J connectivity index is 1.41. The van der Waals surface area contributed by atoms with Gasteiger partial charge in [-0.3, -0.25) is 4.90 Å². The van der Waals surface area contributed by atoms with E-state index in [2.05, 4.69) is 34.5 Å². The van der Waals surface area contributed by atoms with Crippen molar-refractivity contribution in [1.82, 2.24) is 10.2 Å². The van der Waals surface area contributed by atoms with Gasteiger partial charge in [0.2, 0.25) is 0 Å². The number of benzene rings is 2. The van der Waals surface area contributed by atoms with Crippen LogP contribution in [0.2, 0.25) is 5.02 Å². The average molecular weight is 389 g/mol. The molecule has 5 nitrogen and oxygen atoms in total. The quantitative estimate of drug-likeness (QED) is 0.822. The molecule has 1 atom stereocenters. The Morgan fingerprint density at radius 2 is 1.67 bits per heavy atom. The molecule has 0 aliphatic carbocycles. The summed E-state index contributed by atoms with van der Waals surface area (Å²) in [6.07, 6.45) is 0. The van der Waals surface area contributed by atoms with Crippen molar-refractivity contribution in [3.05, 3.63) is 58.6 Å². The maximum atomic E-state index is 6.07. The standard InChI is InChI=1S/C21H25ClN2O3/c22-18-4-2-17(3-5-18)19(24-7-9-25-10-8-24)15-23-14-16-1-6-20-21(13-16)27-12-11-26-20/h1-6,13,19,23H,7-12,14-15H2. The highest BCUT2D eigenvalue weighted by Crippen LogP contribution is 2.30. The molecule has 2 aromatic carbocycles. The molecule has 2 heterocycles. The molecule has 1 N–H and O–H groups in total. The molecule has 0 radical (unpaired) electrons. The van der Waals surface area contributed by atoms with Gasteiger partial charge >= 0.3 is 0 Å². The molecule has 0 aromatic heterocycles. The van der Waals surface area contributed by atoms with Gasteiger partial charge in [-0.15, -0.1) is 0 Å². The molecule has 144 valence electrons. The number of fused-ring (bicyclic) bond motifs is 1.